The smallest absolute Gasteiger partial charge is 0.416 e. The number of carbonyl (C=O) groups excluding carboxylic acids is 1. The Balaban J connectivity index is 1.61. The number of nitrogens with zero attached hydrogens (tertiary/aromatic N) is 4. The monoisotopic (exact) mass is 707 g/mol. The van der Waals surface area contributed by atoms with E-state index in [1.165, 1.54) is 18.2 Å². The van der Waals surface area contributed by atoms with Gasteiger partial charge in [0.15, 0.2) is 11.6 Å². The summed E-state index contributed by atoms with van der Waals surface area (Å²) in [6.07, 6.45) is -5.30. The first-order chi connectivity index (χ1) is 22.6. The van der Waals surface area contributed by atoms with Crippen LogP contribution in [0, 0.1) is 0 Å². The fraction of sp³-hybridized carbons (Fsp3) is 0.235. The number of hydrogen-bond donors (Lipinski definition) is 2. The van der Waals surface area contributed by atoms with Gasteiger partial charge in [0, 0.05) is 52.2 Å². The van der Waals surface area contributed by atoms with Gasteiger partial charge in [0.1, 0.15) is 5.75 Å². The van der Waals surface area contributed by atoms with Crippen LogP contribution in [-0.2, 0) is 28.7 Å². The number of aliphatic imine (C=N–C) groups is 1. The van der Waals surface area contributed by atoms with E-state index in [0.29, 0.717) is 35.5 Å². The number of alkyl halides is 3. The zero-order valence-electron chi connectivity index (χ0n) is 24.8. The first-order valence-corrected chi connectivity index (χ1v) is 15.4. The second-order valence-electron chi connectivity index (χ2n) is 10.7. The predicted octanol–water partition coefficient (Wildman–Crippen LogP) is 7.99. The molecule has 0 fully saturated rings. The summed E-state index contributed by atoms with van der Waals surface area (Å²) in [5.41, 5.74) is 8.39. The van der Waals surface area contributed by atoms with Gasteiger partial charge in [0.2, 0.25) is 5.90 Å². The normalized spacial score (nSPS) is 17.3. The summed E-state index contributed by atoms with van der Waals surface area (Å²) in [4.78, 5) is 22.3. The van der Waals surface area contributed by atoms with E-state index in [4.69, 9.17) is 19.6 Å². The molecule has 1 heterocycles. The van der Waals surface area contributed by atoms with Crippen LogP contribution < -0.4 is 10.1 Å². The maximum atomic E-state index is 14.5. The average molecular weight is 709 g/mol. The molecule has 1 amide bonds. The average Bonchev–Trinajstić information content (AvgIpc) is 3.45. The van der Waals surface area contributed by atoms with E-state index < -0.39 is 35.8 Å². The summed E-state index contributed by atoms with van der Waals surface area (Å²) < 4.78 is 54.3. The minimum absolute atomic E-state index is 0.00580. The summed E-state index contributed by atoms with van der Waals surface area (Å²) in [5, 5.41) is 15.6. The van der Waals surface area contributed by atoms with E-state index >= 15 is 0 Å². The van der Waals surface area contributed by atoms with Crippen LogP contribution in [0.5, 0.6) is 5.75 Å². The molecule has 2 N–H and O–H groups in total. The van der Waals surface area contributed by atoms with Crippen molar-refractivity contribution in [3.05, 3.63) is 140 Å². The highest BCUT2D eigenvalue weighted by Gasteiger charge is 2.54. The fourth-order valence-electron chi connectivity index (χ4n) is 5.30. The second-order valence-corrected chi connectivity index (χ2v) is 11.6. The van der Waals surface area contributed by atoms with Crippen molar-refractivity contribution < 1.29 is 32.5 Å². The molecular formula is C34H29BrF3N5O4. The molecule has 0 aromatic heterocycles. The lowest BCUT2D eigenvalue weighted by Gasteiger charge is -2.31. The lowest BCUT2D eigenvalue weighted by molar-refractivity contribution is -0.138. The lowest BCUT2D eigenvalue weighted by Crippen LogP contribution is -2.49. The van der Waals surface area contributed by atoms with E-state index in [2.05, 4.69) is 31.3 Å². The predicted molar refractivity (Wildman–Crippen MR) is 173 cm³/mol. The quantitative estimate of drug-likeness (QED) is 0.0669. The molecule has 0 saturated heterocycles. The summed E-state index contributed by atoms with van der Waals surface area (Å²) in [7, 11) is 0. The number of aliphatic hydroxyl groups is 1. The van der Waals surface area contributed by atoms with Crippen LogP contribution in [0.2, 0.25) is 0 Å². The largest absolute Gasteiger partial charge is 0.494 e. The maximum absolute atomic E-state index is 14.5. The molecule has 0 radical (unpaired) electrons. The number of hydrogen-bond acceptors (Lipinski definition) is 6. The Bertz CT molecular complexity index is 1790. The van der Waals surface area contributed by atoms with Gasteiger partial charge in [0.05, 0.1) is 12.2 Å². The Morgan fingerprint density at radius 3 is 2.45 bits per heavy atom. The summed E-state index contributed by atoms with van der Waals surface area (Å²) in [6, 6.07) is 25.7. The van der Waals surface area contributed by atoms with Crippen molar-refractivity contribution >= 4 is 33.4 Å². The lowest BCUT2D eigenvalue weighted by atomic mass is 9.81. The molecule has 242 valence electrons. The van der Waals surface area contributed by atoms with Gasteiger partial charge in [-0.05, 0) is 59.1 Å². The molecule has 0 spiro atoms. The van der Waals surface area contributed by atoms with Gasteiger partial charge in [-0.15, -0.1) is 0 Å². The number of rotatable bonds is 12. The van der Waals surface area contributed by atoms with Gasteiger partial charge >= 0.3 is 6.18 Å². The Morgan fingerprint density at radius 2 is 1.74 bits per heavy atom. The van der Waals surface area contributed by atoms with Crippen LogP contribution in [0.15, 0.2) is 112 Å². The Hall–Kier alpha value is -4.84. The molecule has 4 aromatic carbocycles. The van der Waals surface area contributed by atoms with Gasteiger partial charge in [0.25, 0.3) is 5.91 Å². The number of halogens is 4. The van der Waals surface area contributed by atoms with Crippen LogP contribution in [0.4, 0.5) is 18.9 Å². The molecule has 0 unspecified atom stereocenters. The highest BCUT2D eigenvalue weighted by molar-refractivity contribution is 9.10. The fourth-order valence-corrected chi connectivity index (χ4v) is 5.57. The zero-order valence-corrected chi connectivity index (χ0v) is 26.4. The van der Waals surface area contributed by atoms with Gasteiger partial charge in [-0.25, -0.2) is 4.99 Å². The first-order valence-electron chi connectivity index (χ1n) is 14.6. The van der Waals surface area contributed by atoms with E-state index in [-0.39, 0.29) is 30.2 Å². The molecule has 47 heavy (non-hydrogen) atoms. The highest BCUT2D eigenvalue weighted by Crippen LogP contribution is 2.45. The molecule has 0 saturated carbocycles. The number of azide groups is 1. The number of aliphatic hydroxyl groups excluding tert-OH is 1. The van der Waals surface area contributed by atoms with Gasteiger partial charge in [-0.3, -0.25) is 4.79 Å². The third-order valence-electron chi connectivity index (χ3n) is 7.55. The minimum atomic E-state index is -4.62. The second kappa shape index (κ2) is 14.7. The van der Waals surface area contributed by atoms with Crippen LogP contribution in [0.1, 0.15) is 40.3 Å². The van der Waals surface area contributed by atoms with Crippen molar-refractivity contribution in [1.82, 2.24) is 5.32 Å². The van der Waals surface area contributed by atoms with Crippen molar-refractivity contribution in [2.24, 2.45) is 10.1 Å². The van der Waals surface area contributed by atoms with Crippen molar-refractivity contribution in [3.8, 4) is 5.75 Å². The SMILES string of the molecule is [N-]=[N+]=Nc1ccccc1[C@H]1OC(c2ccc(OCCCO)cc2)=N[C@@]1(Cc1ccc(Br)cc1)C(=O)NCc1ccccc1C(F)(F)F. The highest BCUT2D eigenvalue weighted by atomic mass is 79.9. The molecule has 4 aromatic rings. The first kappa shape index (κ1) is 33.5. The molecule has 9 nitrogen and oxygen atoms in total. The summed E-state index contributed by atoms with van der Waals surface area (Å²) >= 11 is 3.42. The van der Waals surface area contributed by atoms with E-state index in [1.54, 1.807) is 72.8 Å². The molecule has 5 rings (SSSR count). The number of benzene rings is 4. The third kappa shape index (κ3) is 7.76. The van der Waals surface area contributed by atoms with Gasteiger partial charge in [-0.2, -0.15) is 13.2 Å². The number of ether oxygens (including phenoxy) is 2. The van der Waals surface area contributed by atoms with E-state index in [0.717, 1.165) is 10.5 Å². The number of nitrogens with one attached hydrogen (secondary N) is 1. The zero-order chi connectivity index (χ0) is 33.4. The van der Waals surface area contributed by atoms with E-state index in [9.17, 15) is 23.5 Å². The van der Waals surface area contributed by atoms with Gasteiger partial charge in [-0.1, -0.05) is 75.6 Å². The topological polar surface area (TPSA) is 129 Å². The van der Waals surface area contributed by atoms with Gasteiger partial charge < -0.3 is 19.9 Å². The van der Waals surface area contributed by atoms with Crippen LogP contribution in [-0.4, -0.2) is 35.7 Å². The number of carbonyl (C=O) groups is 1. The van der Waals surface area contributed by atoms with Crippen molar-refractivity contribution in [1.29, 1.82) is 0 Å². The van der Waals surface area contributed by atoms with Crippen molar-refractivity contribution in [2.75, 3.05) is 13.2 Å². The molecule has 13 heteroatoms. The summed E-state index contributed by atoms with van der Waals surface area (Å²) in [5.74, 6) is -0.0269. The minimum Gasteiger partial charge on any atom is -0.494 e. The Morgan fingerprint density at radius 1 is 1.04 bits per heavy atom. The molecule has 2 atom stereocenters. The third-order valence-corrected chi connectivity index (χ3v) is 8.08. The summed E-state index contributed by atoms with van der Waals surface area (Å²) in [6.45, 7) is -0.114. The molecule has 0 bridgehead atoms. The maximum Gasteiger partial charge on any atom is 0.416 e. The van der Waals surface area contributed by atoms with Crippen molar-refractivity contribution in [2.45, 2.75) is 37.2 Å². The van der Waals surface area contributed by atoms with Crippen LogP contribution in [0.25, 0.3) is 10.4 Å². The Labute approximate surface area is 276 Å². The number of amides is 1. The standard InChI is InChI=1S/C34H29BrF3N5O4/c35-25-14-10-22(11-15-25)20-33(32(45)40-21-24-6-1-3-8-28(24)34(36,37)38)30(27-7-2-4-9-29(27)42-43-39)47-31(41-33)23-12-16-26(17-13-23)46-19-5-18-44/h1-4,6-17,30,44H,5,18-21H2,(H,40,45)/t30-,33-/m1/s1. The molecular weight excluding hydrogens is 679 g/mol. The van der Waals surface area contributed by atoms with Crippen molar-refractivity contribution in [3.63, 3.8) is 0 Å². The molecule has 1 aliphatic heterocycles. The van der Waals surface area contributed by atoms with Crippen LogP contribution in [0.3, 0.4) is 0 Å². The Kier molecular flexibility index (Phi) is 10.5. The molecule has 1 aliphatic rings. The molecule has 0 aliphatic carbocycles. The van der Waals surface area contributed by atoms with E-state index in [1.807, 2.05) is 0 Å². The van der Waals surface area contributed by atoms with Crippen LogP contribution >= 0.6 is 15.9 Å².